The number of para-hydroxylation sites is 1. The van der Waals surface area contributed by atoms with Gasteiger partial charge in [0.05, 0.1) is 7.11 Å². The lowest BCUT2D eigenvalue weighted by Crippen LogP contribution is -2.44. The van der Waals surface area contributed by atoms with Crippen LogP contribution in [0, 0.1) is 0 Å². The number of benzene rings is 2. The Balaban J connectivity index is 2.03. The molecule has 2 aromatic rings. The van der Waals surface area contributed by atoms with Crippen LogP contribution in [-0.2, 0) is 31.9 Å². The summed E-state index contributed by atoms with van der Waals surface area (Å²) in [5, 5.41) is 11.8. The largest absolute Gasteiger partial charge is 0.480 e. The highest BCUT2D eigenvalue weighted by atomic mass is 16.6. The lowest BCUT2D eigenvalue weighted by molar-refractivity contribution is -0.141. The van der Waals surface area contributed by atoms with Gasteiger partial charge in [-0.2, -0.15) is 0 Å². The summed E-state index contributed by atoms with van der Waals surface area (Å²) in [4.78, 5) is 34.9. The van der Waals surface area contributed by atoms with E-state index in [0.717, 1.165) is 5.56 Å². The van der Waals surface area contributed by atoms with E-state index in [1.54, 1.807) is 45.0 Å². The van der Waals surface area contributed by atoms with Crippen molar-refractivity contribution in [3.05, 3.63) is 59.7 Å². The maximum absolute atomic E-state index is 11.9. The van der Waals surface area contributed by atoms with Gasteiger partial charge in [-0.1, -0.05) is 30.3 Å². The number of carbonyl (C=O) groups excluding carboxylic acids is 2. The van der Waals surface area contributed by atoms with E-state index in [1.807, 2.05) is 24.3 Å². The first-order valence-electron chi connectivity index (χ1n) is 10.2. The quantitative estimate of drug-likeness (QED) is 0.561. The van der Waals surface area contributed by atoms with Gasteiger partial charge in [0, 0.05) is 12.8 Å². The van der Waals surface area contributed by atoms with Gasteiger partial charge in [-0.05, 0) is 56.5 Å². The van der Waals surface area contributed by atoms with E-state index in [-0.39, 0.29) is 18.8 Å². The van der Waals surface area contributed by atoms with Gasteiger partial charge in [-0.3, -0.25) is 4.79 Å². The molecule has 0 aliphatic carbocycles. The molecule has 172 valence electrons. The van der Waals surface area contributed by atoms with Gasteiger partial charge in [0.2, 0.25) is 0 Å². The van der Waals surface area contributed by atoms with Crippen LogP contribution >= 0.6 is 0 Å². The molecule has 8 heteroatoms. The molecular formula is C24H29NO7. The summed E-state index contributed by atoms with van der Waals surface area (Å²) in [5.41, 5.74) is 0.855. The monoisotopic (exact) mass is 443 g/mol. The number of aliphatic carboxylic acids is 1. The molecule has 1 atom stereocenters. The molecule has 0 saturated carbocycles. The topological polar surface area (TPSA) is 111 Å². The third-order valence-corrected chi connectivity index (χ3v) is 4.38. The van der Waals surface area contributed by atoms with Crippen molar-refractivity contribution in [2.75, 3.05) is 7.11 Å². The summed E-state index contributed by atoms with van der Waals surface area (Å²) < 4.78 is 15.8. The van der Waals surface area contributed by atoms with Crippen LogP contribution in [0.15, 0.2) is 48.5 Å². The number of methoxy groups -OCH3 is 1. The van der Waals surface area contributed by atoms with Crippen LogP contribution in [0.3, 0.4) is 0 Å². The van der Waals surface area contributed by atoms with Gasteiger partial charge in [-0.25, -0.2) is 9.59 Å². The maximum Gasteiger partial charge on any atom is 0.408 e. The minimum atomic E-state index is -1.16. The lowest BCUT2D eigenvalue weighted by atomic mass is 10.1. The van der Waals surface area contributed by atoms with E-state index < -0.39 is 23.7 Å². The smallest absolute Gasteiger partial charge is 0.408 e. The summed E-state index contributed by atoms with van der Waals surface area (Å²) >= 11 is 0. The van der Waals surface area contributed by atoms with Gasteiger partial charge in [0.1, 0.15) is 23.1 Å². The van der Waals surface area contributed by atoms with Crippen LogP contribution in [0.5, 0.6) is 11.5 Å². The number of carboxylic acid groups (broad SMARTS) is 1. The normalized spacial score (nSPS) is 11.9. The van der Waals surface area contributed by atoms with Crippen LogP contribution in [-0.4, -0.2) is 41.9 Å². The summed E-state index contributed by atoms with van der Waals surface area (Å²) in [6.07, 6.45) is 0.0347. The van der Waals surface area contributed by atoms with Crippen LogP contribution in [0.4, 0.5) is 4.79 Å². The zero-order valence-corrected chi connectivity index (χ0v) is 18.7. The van der Waals surface area contributed by atoms with Crippen molar-refractivity contribution in [2.45, 2.75) is 51.7 Å². The number of rotatable bonds is 9. The Morgan fingerprint density at radius 2 is 1.69 bits per heavy atom. The van der Waals surface area contributed by atoms with E-state index in [0.29, 0.717) is 23.5 Å². The number of carboxylic acids is 1. The third-order valence-electron chi connectivity index (χ3n) is 4.38. The number of aryl methyl sites for hydroxylation is 1. The highest BCUT2D eigenvalue weighted by Crippen LogP contribution is 2.26. The van der Waals surface area contributed by atoms with Crippen molar-refractivity contribution in [3.63, 3.8) is 0 Å². The number of amides is 1. The molecule has 0 unspecified atom stereocenters. The van der Waals surface area contributed by atoms with Crippen LogP contribution in [0.1, 0.15) is 38.3 Å². The molecule has 2 aromatic carbocycles. The molecule has 0 saturated heterocycles. The predicted molar refractivity (Wildman–Crippen MR) is 118 cm³/mol. The van der Waals surface area contributed by atoms with Crippen molar-refractivity contribution in [1.82, 2.24) is 5.32 Å². The second kappa shape index (κ2) is 11.2. The Morgan fingerprint density at radius 1 is 1.03 bits per heavy atom. The zero-order valence-electron chi connectivity index (χ0n) is 18.7. The summed E-state index contributed by atoms with van der Waals surface area (Å²) in [5.74, 6) is -0.266. The van der Waals surface area contributed by atoms with Crippen molar-refractivity contribution >= 4 is 18.0 Å². The molecule has 0 heterocycles. The van der Waals surface area contributed by atoms with Crippen LogP contribution in [0.25, 0.3) is 0 Å². The van der Waals surface area contributed by atoms with Crippen molar-refractivity contribution in [2.24, 2.45) is 0 Å². The minimum absolute atomic E-state index is 0.0879. The maximum atomic E-state index is 11.9. The fourth-order valence-electron chi connectivity index (χ4n) is 2.85. The molecule has 32 heavy (non-hydrogen) atoms. The van der Waals surface area contributed by atoms with E-state index in [9.17, 15) is 19.5 Å². The fraction of sp³-hybridized carbons (Fsp3) is 0.375. The summed E-state index contributed by atoms with van der Waals surface area (Å²) in [7, 11) is 1.35. The molecule has 0 aromatic heterocycles. The SMILES string of the molecule is COC(=O)CCc1ccccc1Oc1ccc(C[C@H](NC(=O)OC(C)(C)C)C(=O)O)cc1. The van der Waals surface area contributed by atoms with Gasteiger partial charge in [0.15, 0.2) is 0 Å². The number of carbonyl (C=O) groups is 3. The molecule has 8 nitrogen and oxygen atoms in total. The standard InChI is InChI=1S/C24H29NO7/c1-24(2,3)32-23(29)25-19(22(27)28)15-16-9-12-18(13-10-16)31-20-8-6-5-7-17(20)11-14-21(26)30-4/h5-10,12-13,19H,11,14-15H2,1-4H3,(H,25,29)(H,27,28)/t19-/m0/s1. The Morgan fingerprint density at radius 3 is 2.28 bits per heavy atom. The fourth-order valence-corrected chi connectivity index (χ4v) is 2.85. The van der Waals surface area contributed by atoms with E-state index in [4.69, 9.17) is 9.47 Å². The van der Waals surface area contributed by atoms with Crippen LogP contribution < -0.4 is 10.1 Å². The van der Waals surface area contributed by atoms with Gasteiger partial charge in [0.25, 0.3) is 0 Å². The van der Waals surface area contributed by atoms with Gasteiger partial charge >= 0.3 is 18.0 Å². The Bertz CT molecular complexity index is 932. The molecule has 2 N–H and O–H groups in total. The number of hydrogen-bond acceptors (Lipinski definition) is 6. The molecule has 1 amide bonds. The predicted octanol–water partition coefficient (Wildman–Crippen LogP) is 4.10. The van der Waals surface area contributed by atoms with Crippen molar-refractivity contribution in [1.29, 1.82) is 0 Å². The Labute approximate surface area is 187 Å². The summed E-state index contributed by atoms with van der Waals surface area (Å²) in [6.45, 7) is 5.11. The first-order chi connectivity index (χ1) is 15.1. The average molecular weight is 443 g/mol. The molecule has 0 bridgehead atoms. The first kappa shape index (κ1) is 24.7. The minimum Gasteiger partial charge on any atom is -0.480 e. The van der Waals surface area contributed by atoms with Gasteiger partial charge in [-0.15, -0.1) is 0 Å². The first-order valence-corrected chi connectivity index (χ1v) is 10.2. The molecule has 0 fully saturated rings. The number of hydrogen-bond donors (Lipinski definition) is 2. The Hall–Kier alpha value is -3.55. The second-order valence-corrected chi connectivity index (χ2v) is 8.17. The number of nitrogens with one attached hydrogen (secondary N) is 1. The van der Waals surface area contributed by atoms with Gasteiger partial charge < -0.3 is 24.6 Å². The summed E-state index contributed by atoms with van der Waals surface area (Å²) in [6, 6.07) is 13.2. The highest BCUT2D eigenvalue weighted by molar-refractivity contribution is 5.80. The zero-order chi connectivity index (χ0) is 23.7. The molecule has 0 spiro atoms. The van der Waals surface area contributed by atoms with E-state index >= 15 is 0 Å². The van der Waals surface area contributed by atoms with Crippen molar-refractivity contribution in [3.8, 4) is 11.5 Å². The molecular weight excluding hydrogens is 414 g/mol. The third kappa shape index (κ3) is 8.29. The molecule has 0 aliphatic rings. The Kier molecular flexibility index (Phi) is 8.63. The van der Waals surface area contributed by atoms with E-state index in [1.165, 1.54) is 7.11 Å². The molecule has 0 radical (unpaired) electrons. The highest BCUT2D eigenvalue weighted by Gasteiger charge is 2.24. The number of esters is 1. The number of ether oxygens (including phenoxy) is 3. The van der Waals surface area contributed by atoms with Crippen LogP contribution in [0.2, 0.25) is 0 Å². The second-order valence-electron chi connectivity index (χ2n) is 8.17. The molecule has 0 aliphatic heterocycles. The lowest BCUT2D eigenvalue weighted by Gasteiger charge is -2.22. The average Bonchev–Trinajstić information content (AvgIpc) is 2.72. The van der Waals surface area contributed by atoms with E-state index in [2.05, 4.69) is 10.1 Å². The van der Waals surface area contributed by atoms with Crippen molar-refractivity contribution < 1.29 is 33.7 Å². The number of alkyl carbamates (subject to hydrolysis) is 1. The molecule has 2 rings (SSSR count).